The van der Waals surface area contributed by atoms with Crippen molar-refractivity contribution in [2.24, 2.45) is 0 Å². The van der Waals surface area contributed by atoms with E-state index in [9.17, 15) is 14.7 Å². The molecule has 1 atom stereocenters. The topological polar surface area (TPSA) is 72.8 Å². The van der Waals surface area contributed by atoms with Crippen LogP contribution in [0.4, 0.5) is 0 Å². The maximum atomic E-state index is 12.7. The second kappa shape index (κ2) is 37.1. The lowest BCUT2D eigenvalue weighted by Gasteiger charge is -2.33. The fourth-order valence-electron chi connectivity index (χ4n) is 6.45. The van der Waals surface area contributed by atoms with Gasteiger partial charge in [-0.05, 0) is 64.2 Å². The fourth-order valence-corrected chi connectivity index (χ4v) is 6.45. The van der Waals surface area contributed by atoms with Crippen molar-refractivity contribution in [2.45, 2.75) is 206 Å². The summed E-state index contributed by atoms with van der Waals surface area (Å²) < 4.78 is 12.1. The van der Waals surface area contributed by atoms with Crippen molar-refractivity contribution in [1.82, 2.24) is 0 Å². The van der Waals surface area contributed by atoms with Crippen molar-refractivity contribution in [2.75, 3.05) is 40.4 Å². The third-order valence-corrected chi connectivity index (χ3v) is 9.63. The molecule has 0 rings (SSSR count). The largest absolute Gasteiger partial charge is 0.461 e. The van der Waals surface area contributed by atoms with Gasteiger partial charge in [-0.15, -0.1) is 0 Å². The Bertz CT molecular complexity index is 808. The fraction of sp³-hybridized carbons (Fsp3) is 0.864. The van der Waals surface area contributed by atoms with Crippen LogP contribution in [0.1, 0.15) is 200 Å². The van der Waals surface area contributed by atoms with Gasteiger partial charge < -0.3 is 19.1 Å². The van der Waals surface area contributed by atoms with E-state index < -0.39 is 6.10 Å². The van der Waals surface area contributed by atoms with E-state index in [0.717, 1.165) is 57.9 Å². The highest BCUT2D eigenvalue weighted by Crippen LogP contribution is 2.14. The summed E-state index contributed by atoms with van der Waals surface area (Å²) in [6.07, 6.45) is 42.2. The number of allylic oxidation sites excluding steroid dienone is 4. The first-order valence-corrected chi connectivity index (χ1v) is 21.4. The van der Waals surface area contributed by atoms with Crippen molar-refractivity contribution in [3.8, 4) is 0 Å². The molecule has 294 valence electrons. The van der Waals surface area contributed by atoms with Gasteiger partial charge in [0, 0.05) is 25.9 Å². The molecule has 0 radical (unpaired) electrons. The van der Waals surface area contributed by atoms with Gasteiger partial charge in [0.25, 0.3) is 0 Å². The second-order valence-corrected chi connectivity index (χ2v) is 15.4. The summed E-state index contributed by atoms with van der Waals surface area (Å²) in [4.78, 5) is 25.3. The number of carbonyl (C=O) groups excluding carboxylic acids is 2. The highest BCUT2D eigenvalue weighted by atomic mass is 16.6. The predicted molar refractivity (Wildman–Crippen MR) is 213 cm³/mol. The molecule has 0 aromatic heterocycles. The number of quaternary nitrogens is 1. The minimum atomic E-state index is -0.475. The molecular weight excluding hydrogens is 622 g/mol. The Morgan fingerprint density at radius 2 is 0.920 bits per heavy atom. The van der Waals surface area contributed by atoms with E-state index in [1.165, 1.54) is 116 Å². The SMILES string of the molecule is CCCCCCCC/C=C\CCCCCCCC(=O)OCC(C[N+](C)(C)CCCO)OC(=O)CCCCCCC/C=C\CCCCCCCC. The van der Waals surface area contributed by atoms with Crippen LogP contribution in [0.2, 0.25) is 0 Å². The Morgan fingerprint density at radius 3 is 1.34 bits per heavy atom. The third-order valence-electron chi connectivity index (χ3n) is 9.63. The molecule has 0 aromatic carbocycles. The van der Waals surface area contributed by atoms with Gasteiger partial charge in [0.1, 0.15) is 13.2 Å². The molecule has 50 heavy (non-hydrogen) atoms. The van der Waals surface area contributed by atoms with Crippen molar-refractivity contribution >= 4 is 11.9 Å². The van der Waals surface area contributed by atoms with Crippen LogP contribution in [-0.4, -0.2) is 68.0 Å². The molecule has 6 nitrogen and oxygen atoms in total. The first-order chi connectivity index (χ1) is 24.3. The monoisotopic (exact) mass is 707 g/mol. The van der Waals surface area contributed by atoms with Crippen LogP contribution in [0.3, 0.4) is 0 Å². The van der Waals surface area contributed by atoms with Crippen LogP contribution in [0, 0.1) is 0 Å². The lowest BCUT2D eigenvalue weighted by Crippen LogP contribution is -2.48. The average molecular weight is 707 g/mol. The van der Waals surface area contributed by atoms with Gasteiger partial charge in [-0.3, -0.25) is 9.59 Å². The van der Waals surface area contributed by atoms with Crippen LogP contribution < -0.4 is 0 Å². The normalized spacial score (nSPS) is 12.7. The number of rotatable bonds is 38. The molecule has 0 spiro atoms. The Kier molecular flexibility index (Phi) is 35.9. The number of aliphatic hydroxyl groups is 1. The van der Waals surface area contributed by atoms with Crippen LogP contribution in [0.15, 0.2) is 24.3 Å². The van der Waals surface area contributed by atoms with E-state index in [-0.39, 0.29) is 25.2 Å². The lowest BCUT2D eigenvalue weighted by molar-refractivity contribution is -0.893. The molecule has 0 saturated carbocycles. The van der Waals surface area contributed by atoms with Crippen molar-refractivity contribution in [3.63, 3.8) is 0 Å². The number of carbonyl (C=O) groups is 2. The molecule has 6 heteroatoms. The van der Waals surface area contributed by atoms with Gasteiger partial charge in [-0.2, -0.15) is 0 Å². The highest BCUT2D eigenvalue weighted by molar-refractivity contribution is 5.70. The summed E-state index contributed by atoms with van der Waals surface area (Å²) in [6, 6.07) is 0. The summed E-state index contributed by atoms with van der Waals surface area (Å²) in [5.74, 6) is -0.412. The second-order valence-electron chi connectivity index (χ2n) is 15.4. The minimum Gasteiger partial charge on any atom is -0.461 e. The van der Waals surface area contributed by atoms with Crippen molar-refractivity contribution in [1.29, 1.82) is 0 Å². The molecule has 0 heterocycles. The van der Waals surface area contributed by atoms with Gasteiger partial charge in [0.2, 0.25) is 0 Å². The molecule has 1 N–H and O–H groups in total. The molecule has 0 aromatic rings. The number of esters is 2. The maximum Gasteiger partial charge on any atom is 0.306 e. The molecule has 1 unspecified atom stereocenters. The number of aliphatic hydroxyl groups excluding tert-OH is 1. The van der Waals surface area contributed by atoms with Crippen LogP contribution in [0.5, 0.6) is 0 Å². The number of hydrogen-bond acceptors (Lipinski definition) is 5. The number of nitrogens with zero attached hydrogens (tertiary/aromatic N) is 1. The standard InChI is InChI=1S/C44H84NO5/c1-5-7-9-11-13-15-17-19-21-23-25-27-29-31-33-36-43(47)49-41-42(40-45(3,4)38-35-39-46)50-44(48)37-34-32-30-28-26-24-22-20-18-16-14-12-10-8-6-2/h19-22,42,46H,5-18,23-41H2,1-4H3/q+1/b21-19-,22-20-. The molecule has 0 fully saturated rings. The Labute approximate surface area is 310 Å². The van der Waals surface area contributed by atoms with Gasteiger partial charge in [0.15, 0.2) is 6.10 Å². The highest BCUT2D eigenvalue weighted by Gasteiger charge is 2.26. The minimum absolute atomic E-state index is 0.100. The van der Waals surface area contributed by atoms with E-state index in [0.29, 0.717) is 30.3 Å². The zero-order valence-electron chi connectivity index (χ0n) is 33.7. The van der Waals surface area contributed by atoms with Crippen LogP contribution >= 0.6 is 0 Å². The Morgan fingerprint density at radius 1 is 0.540 bits per heavy atom. The quantitative estimate of drug-likeness (QED) is 0.0299. The molecule has 0 aliphatic carbocycles. The molecule has 0 bridgehead atoms. The molecule has 0 aliphatic heterocycles. The first-order valence-electron chi connectivity index (χ1n) is 21.4. The van der Waals surface area contributed by atoms with Crippen molar-refractivity contribution in [3.05, 3.63) is 24.3 Å². The zero-order chi connectivity index (χ0) is 36.8. The number of unbranched alkanes of at least 4 members (excludes halogenated alkanes) is 22. The van der Waals surface area contributed by atoms with E-state index in [4.69, 9.17) is 9.47 Å². The van der Waals surface area contributed by atoms with Crippen LogP contribution in [0.25, 0.3) is 0 Å². The van der Waals surface area contributed by atoms with Crippen LogP contribution in [-0.2, 0) is 19.1 Å². The summed E-state index contributed by atoms with van der Waals surface area (Å²) >= 11 is 0. The summed E-state index contributed by atoms with van der Waals surface area (Å²) in [7, 11) is 4.13. The molecule has 0 aliphatic rings. The van der Waals surface area contributed by atoms with Gasteiger partial charge in [-0.1, -0.05) is 141 Å². The lowest BCUT2D eigenvalue weighted by atomic mass is 10.1. The molecule has 0 saturated heterocycles. The van der Waals surface area contributed by atoms with E-state index in [1.54, 1.807) is 0 Å². The number of hydrogen-bond donors (Lipinski definition) is 1. The van der Waals surface area contributed by atoms with Gasteiger partial charge in [-0.25, -0.2) is 0 Å². The zero-order valence-corrected chi connectivity index (χ0v) is 33.7. The predicted octanol–water partition coefficient (Wildman–Crippen LogP) is 12.0. The Hall–Kier alpha value is -1.66. The average Bonchev–Trinajstić information content (AvgIpc) is 3.09. The summed E-state index contributed by atoms with van der Waals surface area (Å²) in [5.41, 5.74) is 0. The van der Waals surface area contributed by atoms with E-state index in [2.05, 4.69) is 52.2 Å². The van der Waals surface area contributed by atoms with Gasteiger partial charge in [0.05, 0.1) is 20.6 Å². The number of ether oxygens (including phenoxy) is 2. The van der Waals surface area contributed by atoms with Gasteiger partial charge >= 0.3 is 11.9 Å². The third kappa shape index (κ3) is 36.1. The molecule has 0 amide bonds. The summed E-state index contributed by atoms with van der Waals surface area (Å²) in [6.45, 7) is 6.08. The van der Waals surface area contributed by atoms with E-state index in [1.807, 2.05) is 0 Å². The maximum absolute atomic E-state index is 12.7. The van der Waals surface area contributed by atoms with Crippen molar-refractivity contribution < 1.29 is 28.7 Å². The smallest absolute Gasteiger partial charge is 0.306 e. The Balaban J connectivity index is 4.15. The number of likely N-dealkylation sites (N-methyl/N-ethyl adjacent to an activating group) is 1. The summed E-state index contributed by atoms with van der Waals surface area (Å²) in [5, 5.41) is 9.31. The molecular formula is C44H84NO5+. The first kappa shape index (κ1) is 48.3. The van der Waals surface area contributed by atoms with E-state index >= 15 is 0 Å².